The average molecular weight is 250 g/mol. The summed E-state index contributed by atoms with van der Waals surface area (Å²) in [4.78, 5) is 18.0. The van der Waals surface area contributed by atoms with Gasteiger partial charge >= 0.3 is 0 Å². The molecule has 98 valence electrons. The van der Waals surface area contributed by atoms with Crippen LogP contribution in [0.5, 0.6) is 5.88 Å². The molecular formula is C13H18N2O3. The minimum absolute atomic E-state index is 0.0939. The van der Waals surface area contributed by atoms with Crippen LogP contribution in [0, 0.1) is 0 Å². The minimum atomic E-state index is 0.0939. The molecule has 0 aromatic carbocycles. The first-order valence-electron chi connectivity index (χ1n) is 6.13. The van der Waals surface area contributed by atoms with Gasteiger partial charge in [0.1, 0.15) is 12.3 Å². The lowest BCUT2D eigenvalue weighted by atomic mass is 10.2. The van der Waals surface area contributed by atoms with Gasteiger partial charge in [0.25, 0.3) is 0 Å². The molecule has 1 aliphatic rings. The molecule has 0 spiro atoms. The minimum Gasteiger partial charge on any atom is -0.474 e. The molecule has 2 rings (SSSR count). The number of nitrogens with zero attached hydrogens (tertiary/aromatic N) is 2. The first-order chi connectivity index (χ1) is 8.72. The maximum absolute atomic E-state index is 12.2. The SMILES string of the molecule is COC(C)CCC(=O)N1CCOc2ncccc21. The van der Waals surface area contributed by atoms with Gasteiger partial charge in [0, 0.05) is 19.7 Å². The number of ether oxygens (including phenoxy) is 2. The van der Waals surface area contributed by atoms with Crippen molar-refractivity contribution in [3.63, 3.8) is 0 Å². The van der Waals surface area contributed by atoms with Gasteiger partial charge in [0.05, 0.1) is 12.6 Å². The molecule has 1 aromatic rings. The Hall–Kier alpha value is -1.62. The van der Waals surface area contributed by atoms with Crippen molar-refractivity contribution in [2.24, 2.45) is 0 Å². The van der Waals surface area contributed by atoms with Crippen molar-refractivity contribution in [1.82, 2.24) is 4.98 Å². The van der Waals surface area contributed by atoms with Crippen molar-refractivity contribution >= 4 is 11.6 Å². The highest BCUT2D eigenvalue weighted by molar-refractivity contribution is 5.94. The Morgan fingerprint density at radius 3 is 3.28 bits per heavy atom. The number of aromatic nitrogens is 1. The highest BCUT2D eigenvalue weighted by atomic mass is 16.5. The number of anilines is 1. The molecule has 0 saturated heterocycles. The summed E-state index contributed by atoms with van der Waals surface area (Å²) in [6.45, 7) is 3.04. The number of carbonyl (C=O) groups is 1. The van der Waals surface area contributed by atoms with E-state index in [1.165, 1.54) is 0 Å². The summed E-state index contributed by atoms with van der Waals surface area (Å²) in [6, 6.07) is 3.67. The highest BCUT2D eigenvalue weighted by Crippen LogP contribution is 2.29. The second-order valence-corrected chi connectivity index (χ2v) is 4.31. The number of hydrogen-bond donors (Lipinski definition) is 0. The second kappa shape index (κ2) is 5.82. The molecule has 0 radical (unpaired) electrons. The maximum Gasteiger partial charge on any atom is 0.238 e. The van der Waals surface area contributed by atoms with Gasteiger partial charge in [-0.2, -0.15) is 0 Å². The molecular weight excluding hydrogens is 232 g/mol. The highest BCUT2D eigenvalue weighted by Gasteiger charge is 2.24. The molecule has 1 amide bonds. The Kier molecular flexibility index (Phi) is 4.15. The zero-order valence-electron chi connectivity index (χ0n) is 10.8. The Bertz CT molecular complexity index is 422. The predicted octanol–water partition coefficient (Wildman–Crippen LogP) is 1.62. The van der Waals surface area contributed by atoms with Crippen molar-refractivity contribution in [3.05, 3.63) is 18.3 Å². The fourth-order valence-corrected chi connectivity index (χ4v) is 1.89. The molecule has 1 aromatic heterocycles. The van der Waals surface area contributed by atoms with Gasteiger partial charge in [0.15, 0.2) is 0 Å². The van der Waals surface area contributed by atoms with E-state index in [1.807, 2.05) is 19.1 Å². The van der Waals surface area contributed by atoms with E-state index >= 15 is 0 Å². The molecule has 18 heavy (non-hydrogen) atoms. The maximum atomic E-state index is 12.2. The van der Waals surface area contributed by atoms with Crippen molar-refractivity contribution in [1.29, 1.82) is 0 Å². The molecule has 0 fully saturated rings. The first kappa shape index (κ1) is 12.8. The predicted molar refractivity (Wildman–Crippen MR) is 67.8 cm³/mol. The van der Waals surface area contributed by atoms with E-state index in [-0.39, 0.29) is 12.0 Å². The number of fused-ring (bicyclic) bond motifs is 1. The van der Waals surface area contributed by atoms with E-state index in [0.717, 1.165) is 12.1 Å². The van der Waals surface area contributed by atoms with Crippen molar-refractivity contribution in [2.75, 3.05) is 25.2 Å². The number of carbonyl (C=O) groups excluding carboxylic acids is 1. The lowest BCUT2D eigenvalue weighted by molar-refractivity contribution is -0.119. The molecule has 0 N–H and O–H groups in total. The molecule has 0 saturated carbocycles. The Morgan fingerprint density at radius 1 is 1.67 bits per heavy atom. The summed E-state index contributed by atoms with van der Waals surface area (Å²) >= 11 is 0. The third-order valence-electron chi connectivity index (χ3n) is 3.06. The summed E-state index contributed by atoms with van der Waals surface area (Å²) in [5.74, 6) is 0.633. The van der Waals surface area contributed by atoms with Crippen molar-refractivity contribution < 1.29 is 14.3 Å². The van der Waals surface area contributed by atoms with Crippen LogP contribution in [0.25, 0.3) is 0 Å². The van der Waals surface area contributed by atoms with Gasteiger partial charge < -0.3 is 14.4 Å². The van der Waals surface area contributed by atoms with E-state index in [9.17, 15) is 4.79 Å². The quantitative estimate of drug-likeness (QED) is 0.815. The summed E-state index contributed by atoms with van der Waals surface area (Å²) in [7, 11) is 1.66. The number of hydrogen-bond acceptors (Lipinski definition) is 4. The Labute approximate surface area is 107 Å². The van der Waals surface area contributed by atoms with Crippen LogP contribution >= 0.6 is 0 Å². The number of rotatable bonds is 4. The fourth-order valence-electron chi connectivity index (χ4n) is 1.89. The molecule has 1 aliphatic heterocycles. The van der Waals surface area contributed by atoms with Gasteiger partial charge in [-0.15, -0.1) is 0 Å². The monoisotopic (exact) mass is 250 g/mol. The normalized spacial score (nSPS) is 15.8. The molecule has 1 atom stereocenters. The van der Waals surface area contributed by atoms with Crippen LogP contribution in [0.4, 0.5) is 5.69 Å². The van der Waals surface area contributed by atoms with Gasteiger partial charge in [-0.1, -0.05) is 0 Å². The smallest absolute Gasteiger partial charge is 0.238 e. The summed E-state index contributed by atoms with van der Waals surface area (Å²) in [5, 5.41) is 0. The van der Waals surface area contributed by atoms with Crippen LogP contribution in [-0.2, 0) is 9.53 Å². The van der Waals surface area contributed by atoms with Gasteiger partial charge in [-0.3, -0.25) is 4.79 Å². The van der Waals surface area contributed by atoms with Gasteiger partial charge in [0.2, 0.25) is 11.8 Å². The molecule has 5 heteroatoms. The number of pyridine rings is 1. The van der Waals surface area contributed by atoms with Crippen LogP contribution in [0.15, 0.2) is 18.3 Å². The zero-order valence-corrected chi connectivity index (χ0v) is 10.8. The van der Waals surface area contributed by atoms with E-state index in [0.29, 0.717) is 25.5 Å². The lowest BCUT2D eigenvalue weighted by Gasteiger charge is -2.28. The Morgan fingerprint density at radius 2 is 2.50 bits per heavy atom. The largest absolute Gasteiger partial charge is 0.474 e. The third kappa shape index (κ3) is 2.79. The standard InChI is InChI=1S/C13H18N2O3/c1-10(17-2)5-6-12(16)15-8-9-18-13-11(15)4-3-7-14-13/h3-4,7,10H,5-6,8-9H2,1-2H3. The summed E-state index contributed by atoms with van der Waals surface area (Å²) in [6.07, 6.45) is 2.97. The summed E-state index contributed by atoms with van der Waals surface area (Å²) in [5.41, 5.74) is 0.763. The van der Waals surface area contributed by atoms with Crippen LogP contribution < -0.4 is 9.64 Å². The molecule has 5 nitrogen and oxygen atoms in total. The topological polar surface area (TPSA) is 51.7 Å². The van der Waals surface area contributed by atoms with E-state index in [4.69, 9.17) is 9.47 Å². The second-order valence-electron chi connectivity index (χ2n) is 4.31. The molecule has 2 heterocycles. The summed E-state index contributed by atoms with van der Waals surface area (Å²) < 4.78 is 10.6. The van der Waals surface area contributed by atoms with E-state index in [1.54, 1.807) is 18.2 Å². The third-order valence-corrected chi connectivity index (χ3v) is 3.06. The van der Waals surface area contributed by atoms with Gasteiger partial charge in [-0.25, -0.2) is 4.98 Å². The fraction of sp³-hybridized carbons (Fsp3) is 0.538. The van der Waals surface area contributed by atoms with E-state index in [2.05, 4.69) is 4.98 Å². The zero-order chi connectivity index (χ0) is 13.0. The van der Waals surface area contributed by atoms with E-state index < -0.39 is 0 Å². The van der Waals surface area contributed by atoms with Crippen molar-refractivity contribution in [3.8, 4) is 5.88 Å². The molecule has 1 unspecified atom stereocenters. The first-order valence-corrected chi connectivity index (χ1v) is 6.13. The lowest BCUT2D eigenvalue weighted by Crippen LogP contribution is -2.38. The van der Waals surface area contributed by atoms with Crippen LogP contribution in [0.2, 0.25) is 0 Å². The number of methoxy groups -OCH3 is 1. The molecule has 0 aliphatic carbocycles. The van der Waals surface area contributed by atoms with Crippen LogP contribution in [-0.4, -0.2) is 37.3 Å². The van der Waals surface area contributed by atoms with Crippen LogP contribution in [0.1, 0.15) is 19.8 Å². The number of amides is 1. The van der Waals surface area contributed by atoms with Crippen molar-refractivity contribution in [2.45, 2.75) is 25.9 Å². The average Bonchev–Trinajstić information content (AvgIpc) is 2.43. The Balaban J connectivity index is 2.04. The molecule has 0 bridgehead atoms. The van der Waals surface area contributed by atoms with Crippen LogP contribution in [0.3, 0.4) is 0 Å². The van der Waals surface area contributed by atoms with Gasteiger partial charge in [-0.05, 0) is 25.5 Å².